The molecule has 0 amide bonds. The summed E-state index contributed by atoms with van der Waals surface area (Å²) in [7, 11) is 1.97. The standard InChI is InChI=1S/C17H28N2O/c1-12(2)16-9-14(11-18-4)10-17(19-16)20-15-7-5-6-13(3)8-15/h9-10,12-13,15,18H,5-8,11H2,1-4H3. The zero-order chi connectivity index (χ0) is 14.5. The molecule has 2 unspecified atom stereocenters. The molecular formula is C17H28N2O. The number of pyridine rings is 1. The maximum Gasteiger partial charge on any atom is 0.214 e. The summed E-state index contributed by atoms with van der Waals surface area (Å²) < 4.78 is 6.16. The Morgan fingerprint density at radius 1 is 1.35 bits per heavy atom. The van der Waals surface area contributed by atoms with Crippen molar-refractivity contribution in [2.24, 2.45) is 5.92 Å². The van der Waals surface area contributed by atoms with Crippen LogP contribution in [0.15, 0.2) is 12.1 Å². The summed E-state index contributed by atoms with van der Waals surface area (Å²) in [5.41, 5.74) is 2.38. The highest BCUT2D eigenvalue weighted by Crippen LogP contribution is 2.28. The summed E-state index contributed by atoms with van der Waals surface area (Å²) in [6, 6.07) is 4.26. The van der Waals surface area contributed by atoms with Crippen LogP contribution in [0.4, 0.5) is 0 Å². The predicted octanol–water partition coefficient (Wildman–Crippen LogP) is 3.88. The van der Waals surface area contributed by atoms with Crippen LogP contribution in [-0.4, -0.2) is 18.1 Å². The van der Waals surface area contributed by atoms with Crippen molar-refractivity contribution in [2.75, 3.05) is 7.05 Å². The summed E-state index contributed by atoms with van der Waals surface area (Å²) in [5.74, 6) is 2.01. The van der Waals surface area contributed by atoms with Gasteiger partial charge in [0.15, 0.2) is 0 Å². The Kier molecular flexibility index (Phi) is 5.41. The van der Waals surface area contributed by atoms with E-state index in [-0.39, 0.29) is 0 Å². The molecule has 1 aliphatic rings. The Hall–Kier alpha value is -1.09. The topological polar surface area (TPSA) is 34.1 Å². The van der Waals surface area contributed by atoms with Crippen LogP contribution in [-0.2, 0) is 6.54 Å². The van der Waals surface area contributed by atoms with Gasteiger partial charge in [-0.3, -0.25) is 0 Å². The first-order valence-corrected chi connectivity index (χ1v) is 7.90. The van der Waals surface area contributed by atoms with Gasteiger partial charge in [0.2, 0.25) is 5.88 Å². The zero-order valence-electron chi connectivity index (χ0n) is 13.3. The molecule has 1 aliphatic carbocycles. The summed E-state index contributed by atoms with van der Waals surface area (Å²) in [6.07, 6.45) is 5.29. The van der Waals surface area contributed by atoms with E-state index < -0.39 is 0 Å². The van der Waals surface area contributed by atoms with Crippen molar-refractivity contribution >= 4 is 0 Å². The highest BCUT2D eigenvalue weighted by Gasteiger charge is 2.21. The predicted molar refractivity (Wildman–Crippen MR) is 83.1 cm³/mol. The van der Waals surface area contributed by atoms with Crippen LogP contribution in [0.5, 0.6) is 5.88 Å². The van der Waals surface area contributed by atoms with E-state index in [0.29, 0.717) is 12.0 Å². The van der Waals surface area contributed by atoms with Crippen molar-refractivity contribution in [1.29, 1.82) is 0 Å². The van der Waals surface area contributed by atoms with Gasteiger partial charge in [0.25, 0.3) is 0 Å². The molecule has 0 saturated heterocycles. The number of aromatic nitrogens is 1. The lowest BCUT2D eigenvalue weighted by Gasteiger charge is -2.27. The van der Waals surface area contributed by atoms with Crippen LogP contribution in [0.2, 0.25) is 0 Å². The van der Waals surface area contributed by atoms with Crippen LogP contribution in [0, 0.1) is 5.92 Å². The van der Waals surface area contributed by atoms with E-state index in [1.165, 1.54) is 24.8 Å². The van der Waals surface area contributed by atoms with Crippen LogP contribution in [0.1, 0.15) is 63.6 Å². The second kappa shape index (κ2) is 7.07. The van der Waals surface area contributed by atoms with Crippen LogP contribution < -0.4 is 10.1 Å². The third-order valence-corrected chi connectivity index (χ3v) is 4.03. The molecule has 1 aromatic rings. The number of nitrogens with one attached hydrogen (secondary N) is 1. The molecule has 1 aromatic heterocycles. The minimum absolute atomic E-state index is 0.344. The van der Waals surface area contributed by atoms with E-state index in [1.807, 2.05) is 7.05 Å². The van der Waals surface area contributed by atoms with Gasteiger partial charge in [-0.2, -0.15) is 0 Å². The lowest BCUT2D eigenvalue weighted by Crippen LogP contribution is -2.24. The fourth-order valence-electron chi connectivity index (χ4n) is 2.90. The molecule has 1 fully saturated rings. The lowest BCUT2D eigenvalue weighted by atomic mass is 9.89. The number of hydrogen-bond donors (Lipinski definition) is 1. The summed E-state index contributed by atoms with van der Waals surface area (Å²) in [5, 5.41) is 3.20. The molecule has 0 aliphatic heterocycles. The highest BCUT2D eigenvalue weighted by molar-refractivity contribution is 5.27. The van der Waals surface area contributed by atoms with E-state index in [9.17, 15) is 0 Å². The Morgan fingerprint density at radius 2 is 2.15 bits per heavy atom. The van der Waals surface area contributed by atoms with E-state index in [4.69, 9.17) is 4.74 Å². The van der Waals surface area contributed by atoms with E-state index >= 15 is 0 Å². The van der Waals surface area contributed by atoms with Gasteiger partial charge in [-0.15, -0.1) is 0 Å². The lowest BCUT2D eigenvalue weighted by molar-refractivity contribution is 0.123. The number of hydrogen-bond acceptors (Lipinski definition) is 3. The fraction of sp³-hybridized carbons (Fsp3) is 0.706. The average Bonchev–Trinajstić information content (AvgIpc) is 2.38. The molecule has 1 saturated carbocycles. The van der Waals surface area contributed by atoms with Crippen LogP contribution in [0.25, 0.3) is 0 Å². The Bertz CT molecular complexity index is 431. The summed E-state index contributed by atoms with van der Waals surface area (Å²) in [6.45, 7) is 7.54. The van der Waals surface area contributed by atoms with Crippen molar-refractivity contribution in [1.82, 2.24) is 10.3 Å². The molecule has 0 radical (unpaired) electrons. The van der Waals surface area contributed by atoms with Crippen LogP contribution >= 0.6 is 0 Å². The first-order valence-electron chi connectivity index (χ1n) is 7.90. The maximum atomic E-state index is 6.16. The Balaban J connectivity index is 2.12. The van der Waals surface area contributed by atoms with E-state index in [1.54, 1.807) is 0 Å². The largest absolute Gasteiger partial charge is 0.474 e. The molecule has 2 atom stereocenters. The first-order chi connectivity index (χ1) is 9.58. The molecule has 2 rings (SSSR count). The van der Waals surface area contributed by atoms with Gasteiger partial charge in [-0.25, -0.2) is 4.98 Å². The third-order valence-electron chi connectivity index (χ3n) is 4.03. The highest BCUT2D eigenvalue weighted by atomic mass is 16.5. The Morgan fingerprint density at radius 3 is 2.80 bits per heavy atom. The molecule has 1 heterocycles. The van der Waals surface area contributed by atoms with Gasteiger partial charge in [-0.05, 0) is 49.8 Å². The maximum absolute atomic E-state index is 6.16. The Labute approximate surface area is 123 Å². The monoisotopic (exact) mass is 276 g/mol. The molecule has 20 heavy (non-hydrogen) atoms. The van der Waals surface area contributed by atoms with Gasteiger partial charge in [-0.1, -0.05) is 27.2 Å². The molecule has 3 heteroatoms. The summed E-state index contributed by atoms with van der Waals surface area (Å²) >= 11 is 0. The minimum Gasteiger partial charge on any atom is -0.474 e. The molecule has 112 valence electrons. The molecular weight excluding hydrogens is 248 g/mol. The zero-order valence-corrected chi connectivity index (χ0v) is 13.3. The first kappa shape index (κ1) is 15.3. The van der Waals surface area contributed by atoms with E-state index in [0.717, 1.165) is 30.5 Å². The smallest absolute Gasteiger partial charge is 0.214 e. The fourth-order valence-corrected chi connectivity index (χ4v) is 2.90. The number of ether oxygens (including phenoxy) is 1. The average molecular weight is 276 g/mol. The van der Waals surface area contributed by atoms with Crippen molar-refractivity contribution in [3.8, 4) is 5.88 Å². The van der Waals surface area contributed by atoms with Gasteiger partial charge in [0.05, 0.1) is 0 Å². The van der Waals surface area contributed by atoms with Crippen molar-refractivity contribution in [3.63, 3.8) is 0 Å². The minimum atomic E-state index is 0.344. The van der Waals surface area contributed by atoms with E-state index in [2.05, 4.69) is 43.2 Å². The second-order valence-corrected chi connectivity index (χ2v) is 6.44. The molecule has 0 bridgehead atoms. The third kappa shape index (κ3) is 4.20. The van der Waals surface area contributed by atoms with Crippen molar-refractivity contribution in [3.05, 3.63) is 23.4 Å². The van der Waals surface area contributed by atoms with Gasteiger partial charge in [0.1, 0.15) is 6.10 Å². The molecule has 0 spiro atoms. The van der Waals surface area contributed by atoms with Crippen molar-refractivity contribution in [2.45, 2.75) is 65.0 Å². The summed E-state index contributed by atoms with van der Waals surface area (Å²) in [4.78, 5) is 4.68. The number of rotatable bonds is 5. The van der Waals surface area contributed by atoms with Gasteiger partial charge >= 0.3 is 0 Å². The van der Waals surface area contributed by atoms with Crippen LogP contribution in [0.3, 0.4) is 0 Å². The molecule has 1 N–H and O–H groups in total. The van der Waals surface area contributed by atoms with Crippen molar-refractivity contribution < 1.29 is 4.74 Å². The van der Waals surface area contributed by atoms with Gasteiger partial charge < -0.3 is 10.1 Å². The number of nitrogens with zero attached hydrogens (tertiary/aromatic N) is 1. The molecule has 0 aromatic carbocycles. The quantitative estimate of drug-likeness (QED) is 0.886. The van der Waals surface area contributed by atoms with Gasteiger partial charge in [0, 0.05) is 18.3 Å². The SMILES string of the molecule is CNCc1cc(OC2CCCC(C)C2)nc(C(C)C)c1. The molecule has 3 nitrogen and oxygen atoms in total. The normalized spacial score (nSPS) is 23.1. The second-order valence-electron chi connectivity index (χ2n) is 6.44.